The molecule has 1 aromatic carbocycles. The Kier molecular flexibility index (Phi) is 1.47. The summed E-state index contributed by atoms with van der Waals surface area (Å²) < 4.78 is 5.52. The van der Waals surface area contributed by atoms with Gasteiger partial charge in [-0.2, -0.15) is 5.26 Å². The summed E-state index contributed by atoms with van der Waals surface area (Å²) in [6, 6.07) is 12.3. The molecule has 0 bridgehead atoms. The highest BCUT2D eigenvalue weighted by Crippen LogP contribution is 2.59. The summed E-state index contributed by atoms with van der Waals surface area (Å²) in [6.45, 7) is 1.80. The van der Waals surface area contributed by atoms with Gasteiger partial charge < -0.3 is 4.74 Å². The van der Waals surface area contributed by atoms with E-state index >= 15 is 0 Å². The zero-order chi connectivity index (χ0) is 10.5. The number of fused-ring (bicyclic) bond motifs is 1. The molecule has 15 heavy (non-hydrogen) atoms. The molecule has 1 aromatic rings. The number of rotatable bonds is 1. The Labute approximate surface area is 88.0 Å². The lowest BCUT2D eigenvalue weighted by Gasteiger charge is -2.03. The standard InChI is InChI=1S/C12H10N2O/c1-8-14-12(7-13)10(11(12)15-8)9-5-3-2-4-6-9/h2-6,10-11H,1H3/t10?,11-,12+/m1/s1. The van der Waals surface area contributed by atoms with Gasteiger partial charge in [0.05, 0.1) is 12.0 Å². The highest BCUT2D eigenvalue weighted by Gasteiger charge is 2.72. The van der Waals surface area contributed by atoms with Gasteiger partial charge in [-0.15, -0.1) is 0 Å². The molecular formula is C12H10N2O. The summed E-state index contributed by atoms with van der Waals surface area (Å²) in [7, 11) is 0. The Hall–Kier alpha value is -1.82. The molecule has 1 aliphatic carbocycles. The summed E-state index contributed by atoms with van der Waals surface area (Å²) in [4.78, 5) is 4.30. The predicted molar refractivity (Wildman–Crippen MR) is 55.5 cm³/mol. The van der Waals surface area contributed by atoms with Gasteiger partial charge in [0.15, 0.2) is 11.4 Å². The topological polar surface area (TPSA) is 45.4 Å². The van der Waals surface area contributed by atoms with Crippen LogP contribution in [0.1, 0.15) is 18.4 Å². The largest absolute Gasteiger partial charge is 0.473 e. The van der Waals surface area contributed by atoms with Crippen molar-refractivity contribution in [3.05, 3.63) is 35.9 Å². The summed E-state index contributed by atoms with van der Waals surface area (Å²) in [5.74, 6) is 0.751. The van der Waals surface area contributed by atoms with Gasteiger partial charge in [0, 0.05) is 6.92 Å². The number of aliphatic imine (C=N–C) groups is 1. The van der Waals surface area contributed by atoms with E-state index in [1.54, 1.807) is 6.92 Å². The molecule has 0 aromatic heterocycles. The average molecular weight is 198 g/mol. The third kappa shape index (κ3) is 0.964. The van der Waals surface area contributed by atoms with Crippen molar-refractivity contribution in [1.29, 1.82) is 5.26 Å². The molecule has 0 amide bonds. The van der Waals surface area contributed by atoms with Crippen LogP contribution in [0.25, 0.3) is 0 Å². The lowest BCUT2D eigenvalue weighted by atomic mass is 10.1. The van der Waals surface area contributed by atoms with Crippen molar-refractivity contribution in [3.8, 4) is 6.07 Å². The monoisotopic (exact) mass is 198 g/mol. The first-order chi connectivity index (χ1) is 7.28. The molecule has 0 radical (unpaired) electrons. The van der Waals surface area contributed by atoms with E-state index in [9.17, 15) is 5.26 Å². The van der Waals surface area contributed by atoms with E-state index in [1.807, 2.05) is 30.3 Å². The van der Waals surface area contributed by atoms with Crippen LogP contribution in [-0.2, 0) is 4.74 Å². The van der Waals surface area contributed by atoms with Crippen LogP contribution in [0.15, 0.2) is 35.3 Å². The Bertz CT molecular complexity index is 474. The van der Waals surface area contributed by atoms with Crippen LogP contribution < -0.4 is 0 Å². The Morgan fingerprint density at radius 1 is 1.40 bits per heavy atom. The van der Waals surface area contributed by atoms with Gasteiger partial charge in [0.2, 0.25) is 0 Å². The molecule has 0 spiro atoms. The fourth-order valence-electron chi connectivity index (χ4n) is 2.35. The van der Waals surface area contributed by atoms with E-state index in [0.29, 0.717) is 5.90 Å². The van der Waals surface area contributed by atoms with Crippen LogP contribution in [0.4, 0.5) is 0 Å². The summed E-state index contributed by atoms with van der Waals surface area (Å²) in [6.07, 6.45) is -0.0649. The zero-order valence-electron chi connectivity index (χ0n) is 8.34. The molecule has 3 rings (SSSR count). The second kappa shape index (κ2) is 2.60. The minimum Gasteiger partial charge on any atom is -0.473 e. The quantitative estimate of drug-likeness (QED) is 0.691. The van der Waals surface area contributed by atoms with Crippen molar-refractivity contribution in [2.24, 2.45) is 4.99 Å². The molecule has 2 aliphatic rings. The van der Waals surface area contributed by atoms with Crippen molar-refractivity contribution in [2.75, 3.05) is 0 Å². The maximum Gasteiger partial charge on any atom is 0.197 e. The van der Waals surface area contributed by atoms with E-state index in [2.05, 4.69) is 11.1 Å². The fourth-order valence-corrected chi connectivity index (χ4v) is 2.35. The third-order valence-electron chi connectivity index (χ3n) is 3.08. The van der Waals surface area contributed by atoms with Gasteiger partial charge in [0.25, 0.3) is 0 Å². The normalized spacial score (nSPS) is 36.1. The number of benzene rings is 1. The van der Waals surface area contributed by atoms with E-state index in [-0.39, 0.29) is 12.0 Å². The minimum atomic E-state index is -0.633. The summed E-state index contributed by atoms with van der Waals surface area (Å²) in [5.41, 5.74) is 0.506. The van der Waals surface area contributed by atoms with Crippen LogP contribution in [0, 0.1) is 11.3 Å². The van der Waals surface area contributed by atoms with Crippen LogP contribution in [-0.4, -0.2) is 17.5 Å². The van der Waals surface area contributed by atoms with Gasteiger partial charge >= 0.3 is 0 Å². The number of ether oxygens (including phenoxy) is 1. The minimum absolute atomic E-state index is 0.0649. The maximum absolute atomic E-state index is 9.18. The van der Waals surface area contributed by atoms with Crippen LogP contribution in [0.2, 0.25) is 0 Å². The van der Waals surface area contributed by atoms with Gasteiger partial charge in [-0.25, -0.2) is 4.99 Å². The molecule has 3 heteroatoms. The molecule has 3 atom stereocenters. The van der Waals surface area contributed by atoms with Crippen molar-refractivity contribution >= 4 is 5.90 Å². The Morgan fingerprint density at radius 2 is 2.13 bits per heavy atom. The molecule has 1 fully saturated rings. The van der Waals surface area contributed by atoms with Crippen molar-refractivity contribution in [3.63, 3.8) is 0 Å². The Balaban J connectivity index is 1.99. The van der Waals surface area contributed by atoms with E-state index in [1.165, 1.54) is 0 Å². The molecule has 1 aliphatic heterocycles. The smallest absolute Gasteiger partial charge is 0.197 e. The highest BCUT2D eigenvalue weighted by atomic mass is 16.5. The average Bonchev–Trinajstić information content (AvgIpc) is 2.74. The lowest BCUT2D eigenvalue weighted by molar-refractivity contribution is 0.290. The number of hydrogen-bond acceptors (Lipinski definition) is 3. The van der Waals surface area contributed by atoms with Crippen LogP contribution in [0.3, 0.4) is 0 Å². The van der Waals surface area contributed by atoms with Crippen molar-refractivity contribution in [1.82, 2.24) is 0 Å². The Morgan fingerprint density at radius 3 is 2.73 bits per heavy atom. The molecule has 0 saturated heterocycles. The predicted octanol–water partition coefficient (Wildman–Crippen LogP) is 1.86. The molecule has 1 unspecified atom stereocenters. The highest BCUT2D eigenvalue weighted by molar-refractivity contribution is 5.80. The number of hydrogen-bond donors (Lipinski definition) is 0. The van der Waals surface area contributed by atoms with Gasteiger partial charge in [0.1, 0.15) is 6.10 Å². The van der Waals surface area contributed by atoms with E-state index < -0.39 is 5.54 Å². The summed E-state index contributed by atoms with van der Waals surface area (Å²) in [5, 5.41) is 9.18. The SMILES string of the molecule is CC1=N[C@@]2(C#N)C(c3ccccc3)[C@H]2O1. The fraction of sp³-hybridized carbons (Fsp3) is 0.333. The third-order valence-corrected chi connectivity index (χ3v) is 3.08. The maximum atomic E-state index is 9.18. The number of nitrogens with zero attached hydrogens (tertiary/aromatic N) is 2. The second-order valence-corrected chi connectivity index (χ2v) is 3.99. The molecule has 0 N–H and O–H groups in total. The van der Waals surface area contributed by atoms with Crippen LogP contribution >= 0.6 is 0 Å². The van der Waals surface area contributed by atoms with Gasteiger partial charge in [-0.3, -0.25) is 0 Å². The molecular weight excluding hydrogens is 188 g/mol. The first-order valence-electron chi connectivity index (χ1n) is 4.97. The number of nitriles is 1. The molecule has 3 nitrogen and oxygen atoms in total. The first-order valence-corrected chi connectivity index (χ1v) is 4.97. The molecule has 74 valence electrons. The second-order valence-electron chi connectivity index (χ2n) is 3.99. The van der Waals surface area contributed by atoms with Gasteiger partial charge in [-0.1, -0.05) is 30.3 Å². The zero-order valence-corrected chi connectivity index (χ0v) is 8.34. The van der Waals surface area contributed by atoms with E-state index in [0.717, 1.165) is 5.56 Å². The van der Waals surface area contributed by atoms with Gasteiger partial charge in [-0.05, 0) is 5.56 Å². The van der Waals surface area contributed by atoms with Crippen molar-refractivity contribution in [2.45, 2.75) is 24.5 Å². The molecule has 1 heterocycles. The van der Waals surface area contributed by atoms with Crippen LogP contribution in [0.5, 0.6) is 0 Å². The molecule has 1 saturated carbocycles. The van der Waals surface area contributed by atoms with Crippen molar-refractivity contribution < 1.29 is 4.74 Å². The summed E-state index contributed by atoms with van der Waals surface area (Å²) >= 11 is 0. The first kappa shape index (κ1) is 8.49. The lowest BCUT2D eigenvalue weighted by Crippen LogP contribution is -2.04. The van der Waals surface area contributed by atoms with E-state index in [4.69, 9.17) is 4.74 Å².